The van der Waals surface area contributed by atoms with Gasteiger partial charge in [0.25, 0.3) is 15.9 Å². The van der Waals surface area contributed by atoms with E-state index in [4.69, 9.17) is 0 Å². The lowest BCUT2D eigenvalue weighted by molar-refractivity contribution is -0.274. The smallest absolute Gasteiger partial charge is 0.406 e. The third-order valence-corrected chi connectivity index (χ3v) is 6.07. The number of benzene rings is 2. The highest BCUT2D eigenvalue weighted by molar-refractivity contribution is 7.92. The van der Waals surface area contributed by atoms with Gasteiger partial charge in [0, 0.05) is 12.1 Å². The maximum absolute atomic E-state index is 12.7. The Bertz CT molecular complexity index is 1000. The van der Waals surface area contributed by atoms with Crippen molar-refractivity contribution in [1.29, 1.82) is 0 Å². The second-order valence-electron chi connectivity index (χ2n) is 6.98. The molecule has 162 valence electrons. The number of amides is 1. The maximum atomic E-state index is 12.7. The van der Waals surface area contributed by atoms with Crippen LogP contribution in [0.15, 0.2) is 53.4 Å². The molecule has 0 spiro atoms. The summed E-state index contributed by atoms with van der Waals surface area (Å²) < 4.78 is 68.7. The van der Waals surface area contributed by atoms with E-state index in [1.54, 1.807) is 12.1 Å². The zero-order chi connectivity index (χ0) is 21.8. The number of rotatable bonds is 6. The number of ether oxygens (including phenoxy) is 1. The second kappa shape index (κ2) is 8.95. The standard InChI is InChI=1S/C20H21F3N2O4S/c21-20(22,23)29-15-9-6-10-16(13-15)30(27,28)25-18-12-5-4-11-17(18)19(26)24-14-7-2-1-3-8-14/h4-6,9-14,25H,1-3,7-8H2,(H,24,26). The predicted octanol–water partition coefficient (Wildman–Crippen LogP) is 4.45. The molecule has 0 saturated heterocycles. The molecule has 2 aromatic rings. The van der Waals surface area contributed by atoms with E-state index < -0.39 is 32.9 Å². The Morgan fingerprint density at radius 3 is 2.40 bits per heavy atom. The molecule has 0 heterocycles. The van der Waals surface area contributed by atoms with Crippen molar-refractivity contribution >= 4 is 21.6 Å². The Hall–Kier alpha value is -2.75. The molecule has 0 unspecified atom stereocenters. The summed E-state index contributed by atoms with van der Waals surface area (Å²) in [4.78, 5) is 12.3. The van der Waals surface area contributed by atoms with Crippen LogP contribution in [-0.4, -0.2) is 26.7 Å². The van der Waals surface area contributed by atoms with Crippen molar-refractivity contribution in [3.8, 4) is 5.75 Å². The van der Waals surface area contributed by atoms with Gasteiger partial charge < -0.3 is 10.1 Å². The molecule has 0 bridgehead atoms. The topological polar surface area (TPSA) is 84.5 Å². The molecule has 0 aromatic heterocycles. The average Bonchev–Trinajstić information content (AvgIpc) is 2.68. The molecule has 1 fully saturated rings. The minimum atomic E-state index is -4.94. The van der Waals surface area contributed by atoms with Crippen molar-refractivity contribution in [2.24, 2.45) is 0 Å². The minimum absolute atomic E-state index is 0.0344. The van der Waals surface area contributed by atoms with Gasteiger partial charge in [0.15, 0.2) is 0 Å². The Balaban J connectivity index is 1.80. The molecule has 2 N–H and O–H groups in total. The fourth-order valence-corrected chi connectivity index (χ4v) is 4.44. The summed E-state index contributed by atoms with van der Waals surface area (Å²) in [5, 5.41) is 2.92. The Morgan fingerprint density at radius 2 is 1.70 bits per heavy atom. The molecule has 1 saturated carbocycles. The zero-order valence-corrected chi connectivity index (χ0v) is 16.7. The predicted molar refractivity (Wildman–Crippen MR) is 105 cm³/mol. The number of carbonyl (C=O) groups excluding carboxylic acids is 1. The quantitative estimate of drug-likeness (QED) is 0.692. The van der Waals surface area contributed by atoms with Gasteiger partial charge in [0.05, 0.1) is 16.1 Å². The molecule has 10 heteroatoms. The highest BCUT2D eigenvalue weighted by Crippen LogP contribution is 2.27. The third kappa shape index (κ3) is 5.88. The summed E-state index contributed by atoms with van der Waals surface area (Å²) in [6.07, 6.45) is -0.0398. The number of anilines is 1. The highest BCUT2D eigenvalue weighted by Gasteiger charge is 2.31. The van der Waals surface area contributed by atoms with Crippen LogP contribution in [0.3, 0.4) is 0 Å². The van der Waals surface area contributed by atoms with Crippen LogP contribution >= 0.6 is 0 Å². The monoisotopic (exact) mass is 442 g/mol. The van der Waals surface area contributed by atoms with E-state index in [0.717, 1.165) is 56.4 Å². The summed E-state index contributed by atoms with van der Waals surface area (Å²) >= 11 is 0. The average molecular weight is 442 g/mol. The van der Waals surface area contributed by atoms with Crippen LogP contribution in [0.5, 0.6) is 5.75 Å². The van der Waals surface area contributed by atoms with Crippen LogP contribution in [0.25, 0.3) is 0 Å². The Morgan fingerprint density at radius 1 is 1.00 bits per heavy atom. The number of nitrogens with one attached hydrogen (secondary N) is 2. The third-order valence-electron chi connectivity index (χ3n) is 4.71. The summed E-state index contributed by atoms with van der Waals surface area (Å²) in [6, 6.07) is 10.1. The first-order valence-electron chi connectivity index (χ1n) is 9.42. The first kappa shape index (κ1) is 21.9. The molecule has 1 amide bonds. The number of carbonyl (C=O) groups is 1. The van der Waals surface area contributed by atoms with Crippen molar-refractivity contribution < 1.29 is 31.1 Å². The second-order valence-corrected chi connectivity index (χ2v) is 8.66. The van der Waals surface area contributed by atoms with Gasteiger partial charge in [0.2, 0.25) is 0 Å². The molecule has 0 atom stereocenters. The summed E-state index contributed by atoms with van der Waals surface area (Å²) in [6.45, 7) is 0. The molecule has 30 heavy (non-hydrogen) atoms. The molecule has 0 aliphatic heterocycles. The lowest BCUT2D eigenvalue weighted by Crippen LogP contribution is -2.36. The molecular weight excluding hydrogens is 421 g/mol. The highest BCUT2D eigenvalue weighted by atomic mass is 32.2. The van der Waals surface area contributed by atoms with Crippen molar-refractivity contribution in [2.45, 2.75) is 49.4 Å². The lowest BCUT2D eigenvalue weighted by atomic mass is 9.95. The van der Waals surface area contributed by atoms with Crippen molar-refractivity contribution in [2.75, 3.05) is 4.72 Å². The first-order valence-corrected chi connectivity index (χ1v) is 10.9. The van der Waals surface area contributed by atoms with E-state index in [2.05, 4.69) is 14.8 Å². The van der Waals surface area contributed by atoms with Crippen molar-refractivity contribution in [1.82, 2.24) is 5.32 Å². The summed E-state index contributed by atoms with van der Waals surface area (Å²) in [7, 11) is -4.26. The molecule has 0 radical (unpaired) electrons. The molecular formula is C20H21F3N2O4S. The number of alkyl halides is 3. The van der Waals surface area contributed by atoms with E-state index in [9.17, 15) is 26.4 Å². The van der Waals surface area contributed by atoms with Crippen molar-refractivity contribution in [3.05, 3.63) is 54.1 Å². The van der Waals surface area contributed by atoms with Gasteiger partial charge >= 0.3 is 6.36 Å². The zero-order valence-electron chi connectivity index (χ0n) is 15.9. The number of hydrogen-bond acceptors (Lipinski definition) is 4. The lowest BCUT2D eigenvalue weighted by Gasteiger charge is -2.23. The number of halogens is 3. The van der Waals surface area contributed by atoms with Gasteiger partial charge in [-0.1, -0.05) is 37.5 Å². The molecule has 6 nitrogen and oxygen atoms in total. The Kier molecular flexibility index (Phi) is 6.55. The summed E-state index contributed by atoms with van der Waals surface area (Å²) in [5.41, 5.74) is 0.169. The van der Waals surface area contributed by atoms with Crippen LogP contribution in [0.4, 0.5) is 18.9 Å². The van der Waals surface area contributed by atoms with Crippen LogP contribution in [0, 0.1) is 0 Å². The van der Waals surface area contributed by atoms with Crippen molar-refractivity contribution in [3.63, 3.8) is 0 Å². The van der Waals surface area contributed by atoms with Gasteiger partial charge in [-0.15, -0.1) is 13.2 Å². The minimum Gasteiger partial charge on any atom is -0.406 e. The summed E-state index contributed by atoms with van der Waals surface area (Å²) in [5.74, 6) is -1.07. The maximum Gasteiger partial charge on any atom is 0.573 e. The van der Waals surface area contributed by atoms with E-state index in [1.807, 2.05) is 0 Å². The number of sulfonamides is 1. The van der Waals surface area contributed by atoms with Gasteiger partial charge in [-0.2, -0.15) is 0 Å². The first-order chi connectivity index (χ1) is 14.1. The Labute approximate surface area is 172 Å². The van der Waals surface area contributed by atoms with E-state index >= 15 is 0 Å². The van der Waals surface area contributed by atoms with Crippen LogP contribution in [-0.2, 0) is 10.0 Å². The van der Waals surface area contributed by atoms with E-state index in [0.29, 0.717) is 0 Å². The van der Waals surface area contributed by atoms with Gasteiger partial charge in [-0.05, 0) is 37.1 Å². The largest absolute Gasteiger partial charge is 0.573 e. The molecule has 3 rings (SSSR count). The SMILES string of the molecule is O=C(NC1CCCCC1)c1ccccc1NS(=O)(=O)c1cccc(OC(F)(F)F)c1. The van der Waals surface area contributed by atoms with Crippen LogP contribution in [0.1, 0.15) is 42.5 Å². The fourth-order valence-electron chi connectivity index (χ4n) is 3.32. The van der Waals surface area contributed by atoms with Gasteiger partial charge in [-0.25, -0.2) is 8.42 Å². The number of hydrogen-bond donors (Lipinski definition) is 2. The number of para-hydroxylation sites is 1. The van der Waals surface area contributed by atoms with Crippen LogP contribution in [0.2, 0.25) is 0 Å². The fraction of sp³-hybridized carbons (Fsp3) is 0.350. The molecule has 1 aliphatic rings. The van der Waals surface area contributed by atoms with E-state index in [-0.39, 0.29) is 17.3 Å². The normalized spacial score (nSPS) is 15.4. The molecule has 1 aliphatic carbocycles. The van der Waals surface area contributed by atoms with E-state index in [1.165, 1.54) is 12.1 Å². The van der Waals surface area contributed by atoms with Gasteiger partial charge in [-0.3, -0.25) is 9.52 Å². The van der Waals surface area contributed by atoms with Crippen LogP contribution < -0.4 is 14.8 Å². The van der Waals surface area contributed by atoms with Gasteiger partial charge in [0.1, 0.15) is 5.75 Å². The molecule has 2 aromatic carbocycles.